The van der Waals surface area contributed by atoms with Crippen molar-refractivity contribution in [3.05, 3.63) is 69.2 Å². The number of thioether (sulfide) groups is 1. The average Bonchev–Trinajstić information content (AvgIpc) is 2.57. The van der Waals surface area contributed by atoms with Gasteiger partial charge in [-0.05, 0) is 60.7 Å². The second-order valence-corrected chi connectivity index (χ2v) is 7.06. The number of hydrazone groups is 1. The van der Waals surface area contributed by atoms with Crippen LogP contribution in [0.2, 0.25) is 5.02 Å². The fraction of sp³-hybridized carbons (Fsp3) is 0.263. The summed E-state index contributed by atoms with van der Waals surface area (Å²) in [6, 6.07) is 11.7. The smallest absolute Gasteiger partial charge is 0.250 e. The van der Waals surface area contributed by atoms with E-state index in [9.17, 15) is 4.79 Å². The van der Waals surface area contributed by atoms with Gasteiger partial charge >= 0.3 is 0 Å². The standard InChI is InChI=1S/C19H21ClN2OS/c1-13-4-7-17(15(3)14(13)2)10-21-22-19(23)12-24-11-16-5-8-18(20)9-6-16/h4-10H,11-12H2,1-3H3,(H,22,23). The molecule has 3 nitrogen and oxygen atoms in total. The third-order valence-electron chi connectivity index (χ3n) is 3.91. The zero-order valence-electron chi connectivity index (χ0n) is 14.1. The van der Waals surface area contributed by atoms with Crippen molar-refractivity contribution >= 4 is 35.5 Å². The molecule has 0 unspecified atom stereocenters. The molecule has 0 spiro atoms. The predicted molar refractivity (Wildman–Crippen MR) is 104 cm³/mol. The molecule has 1 amide bonds. The van der Waals surface area contributed by atoms with Gasteiger partial charge in [0.1, 0.15) is 0 Å². The van der Waals surface area contributed by atoms with Crippen molar-refractivity contribution in [1.82, 2.24) is 5.43 Å². The number of nitrogens with zero attached hydrogens (tertiary/aromatic N) is 1. The van der Waals surface area contributed by atoms with Gasteiger partial charge < -0.3 is 0 Å². The summed E-state index contributed by atoms with van der Waals surface area (Å²) >= 11 is 7.39. The zero-order valence-corrected chi connectivity index (χ0v) is 15.7. The van der Waals surface area contributed by atoms with Crippen LogP contribution in [0.1, 0.15) is 27.8 Å². The van der Waals surface area contributed by atoms with Gasteiger partial charge in [-0.15, -0.1) is 11.8 Å². The minimum atomic E-state index is -0.105. The summed E-state index contributed by atoms with van der Waals surface area (Å²) in [6.45, 7) is 6.24. The lowest BCUT2D eigenvalue weighted by Crippen LogP contribution is -2.19. The van der Waals surface area contributed by atoms with Crippen LogP contribution in [0.15, 0.2) is 41.5 Å². The van der Waals surface area contributed by atoms with E-state index in [0.29, 0.717) is 5.75 Å². The van der Waals surface area contributed by atoms with E-state index in [1.165, 1.54) is 16.7 Å². The fourth-order valence-corrected chi connectivity index (χ4v) is 3.07. The second kappa shape index (κ2) is 8.90. The molecule has 1 N–H and O–H groups in total. The maximum absolute atomic E-state index is 11.8. The molecule has 2 aromatic carbocycles. The molecule has 0 bridgehead atoms. The Balaban J connectivity index is 1.78. The van der Waals surface area contributed by atoms with E-state index in [1.807, 2.05) is 30.3 Å². The quantitative estimate of drug-likeness (QED) is 0.601. The Labute approximate surface area is 152 Å². The van der Waals surface area contributed by atoms with E-state index < -0.39 is 0 Å². The minimum absolute atomic E-state index is 0.105. The lowest BCUT2D eigenvalue weighted by atomic mass is 10.00. The summed E-state index contributed by atoms with van der Waals surface area (Å²) in [4.78, 5) is 11.8. The summed E-state index contributed by atoms with van der Waals surface area (Å²) in [6.07, 6.45) is 1.70. The lowest BCUT2D eigenvalue weighted by molar-refractivity contribution is -0.118. The van der Waals surface area contributed by atoms with E-state index >= 15 is 0 Å². The van der Waals surface area contributed by atoms with E-state index in [4.69, 9.17) is 11.6 Å². The number of nitrogens with one attached hydrogen (secondary N) is 1. The zero-order chi connectivity index (χ0) is 17.5. The van der Waals surface area contributed by atoms with E-state index in [-0.39, 0.29) is 5.91 Å². The maximum atomic E-state index is 11.8. The third kappa shape index (κ3) is 5.39. The van der Waals surface area contributed by atoms with Gasteiger partial charge in [-0.2, -0.15) is 5.10 Å². The molecule has 0 aliphatic rings. The van der Waals surface area contributed by atoms with Crippen LogP contribution >= 0.6 is 23.4 Å². The molecule has 2 rings (SSSR count). The SMILES string of the molecule is Cc1ccc(C=NNC(=O)CSCc2ccc(Cl)cc2)c(C)c1C. The van der Waals surface area contributed by atoms with Gasteiger partial charge in [0.2, 0.25) is 5.91 Å². The molecule has 2 aromatic rings. The van der Waals surface area contributed by atoms with Crippen LogP contribution in [-0.2, 0) is 10.5 Å². The highest BCUT2D eigenvalue weighted by atomic mass is 35.5. The predicted octanol–water partition coefficient (Wildman–Crippen LogP) is 4.65. The Kier molecular flexibility index (Phi) is 6.88. The second-order valence-electron chi connectivity index (χ2n) is 5.63. The normalized spacial score (nSPS) is 11.0. The first-order valence-electron chi connectivity index (χ1n) is 7.68. The Hall–Kier alpha value is -1.78. The first-order chi connectivity index (χ1) is 11.5. The molecular weight excluding hydrogens is 340 g/mol. The van der Waals surface area contributed by atoms with Gasteiger partial charge in [-0.25, -0.2) is 5.43 Å². The molecule has 0 fully saturated rings. The van der Waals surface area contributed by atoms with Gasteiger partial charge in [0.25, 0.3) is 0 Å². The van der Waals surface area contributed by atoms with Crippen LogP contribution in [0.25, 0.3) is 0 Å². The number of carbonyl (C=O) groups excluding carboxylic acids is 1. The fourth-order valence-electron chi connectivity index (χ4n) is 2.17. The van der Waals surface area contributed by atoms with Gasteiger partial charge in [0, 0.05) is 10.8 Å². The number of carbonyl (C=O) groups is 1. The highest BCUT2D eigenvalue weighted by molar-refractivity contribution is 7.99. The highest BCUT2D eigenvalue weighted by Crippen LogP contribution is 2.16. The molecule has 0 aliphatic heterocycles. The molecule has 126 valence electrons. The van der Waals surface area contributed by atoms with Crippen molar-refractivity contribution in [2.24, 2.45) is 5.10 Å². The number of amides is 1. The largest absolute Gasteiger partial charge is 0.272 e. The van der Waals surface area contributed by atoms with Crippen molar-refractivity contribution in [1.29, 1.82) is 0 Å². The van der Waals surface area contributed by atoms with Crippen LogP contribution < -0.4 is 5.43 Å². The number of aryl methyl sites for hydroxylation is 1. The van der Waals surface area contributed by atoms with Crippen LogP contribution in [0.4, 0.5) is 0 Å². The van der Waals surface area contributed by atoms with E-state index in [2.05, 4.69) is 37.4 Å². The Morgan fingerprint density at radius 1 is 1.12 bits per heavy atom. The molecule has 0 atom stereocenters. The van der Waals surface area contributed by atoms with Gasteiger partial charge in [-0.3, -0.25) is 4.79 Å². The van der Waals surface area contributed by atoms with Gasteiger partial charge in [0.05, 0.1) is 12.0 Å². The molecule has 0 aromatic heterocycles. The molecule has 24 heavy (non-hydrogen) atoms. The highest BCUT2D eigenvalue weighted by Gasteiger charge is 2.03. The van der Waals surface area contributed by atoms with E-state index in [1.54, 1.807) is 18.0 Å². The average molecular weight is 361 g/mol. The number of benzene rings is 2. The molecule has 0 aliphatic carbocycles. The summed E-state index contributed by atoms with van der Waals surface area (Å²) < 4.78 is 0. The molecule has 0 heterocycles. The Morgan fingerprint density at radius 2 is 1.83 bits per heavy atom. The van der Waals surface area contributed by atoms with Crippen LogP contribution in [0, 0.1) is 20.8 Å². The summed E-state index contributed by atoms with van der Waals surface area (Å²) in [5.74, 6) is 1.03. The molecule has 5 heteroatoms. The van der Waals surface area contributed by atoms with Crippen LogP contribution in [0.5, 0.6) is 0 Å². The number of rotatable bonds is 6. The van der Waals surface area contributed by atoms with Crippen molar-refractivity contribution in [2.75, 3.05) is 5.75 Å². The van der Waals surface area contributed by atoms with Crippen molar-refractivity contribution in [2.45, 2.75) is 26.5 Å². The maximum Gasteiger partial charge on any atom is 0.250 e. The van der Waals surface area contributed by atoms with Crippen molar-refractivity contribution in [3.8, 4) is 0 Å². The minimum Gasteiger partial charge on any atom is -0.272 e. The first kappa shape index (κ1) is 18.6. The number of hydrogen-bond acceptors (Lipinski definition) is 3. The Bertz CT molecular complexity index is 742. The van der Waals surface area contributed by atoms with Gasteiger partial charge in [0.15, 0.2) is 0 Å². The lowest BCUT2D eigenvalue weighted by Gasteiger charge is -2.07. The third-order valence-corrected chi connectivity index (χ3v) is 5.16. The van der Waals surface area contributed by atoms with Crippen molar-refractivity contribution < 1.29 is 4.79 Å². The Morgan fingerprint density at radius 3 is 2.54 bits per heavy atom. The summed E-state index contributed by atoms with van der Waals surface area (Å²) in [5.41, 5.74) is 8.44. The molecule has 0 radical (unpaired) electrons. The topological polar surface area (TPSA) is 41.5 Å². The molecule has 0 saturated carbocycles. The van der Waals surface area contributed by atoms with Crippen molar-refractivity contribution in [3.63, 3.8) is 0 Å². The molecular formula is C19H21ClN2OS. The number of hydrogen-bond donors (Lipinski definition) is 1. The van der Waals surface area contributed by atoms with Gasteiger partial charge in [-0.1, -0.05) is 35.9 Å². The van der Waals surface area contributed by atoms with Crippen LogP contribution in [-0.4, -0.2) is 17.9 Å². The first-order valence-corrected chi connectivity index (χ1v) is 9.21. The van der Waals surface area contributed by atoms with E-state index in [0.717, 1.165) is 21.9 Å². The molecule has 0 saturated heterocycles. The van der Waals surface area contributed by atoms with Crippen LogP contribution in [0.3, 0.4) is 0 Å². The summed E-state index contributed by atoms with van der Waals surface area (Å²) in [7, 11) is 0. The number of halogens is 1. The summed E-state index contributed by atoms with van der Waals surface area (Å²) in [5, 5.41) is 4.77. The monoisotopic (exact) mass is 360 g/mol.